The second kappa shape index (κ2) is 5.01. The molecule has 0 unspecified atom stereocenters. The van der Waals surface area contributed by atoms with E-state index in [0.717, 1.165) is 0 Å². The number of aromatic nitrogens is 1. The Hall–Kier alpha value is -1.50. The minimum atomic E-state index is 1.22. The number of nitrogens with zero attached hydrogens (tertiary/aromatic N) is 1. The van der Waals surface area contributed by atoms with Crippen LogP contribution in [0.15, 0.2) is 36.4 Å². The molecule has 0 spiro atoms. The quantitative estimate of drug-likeness (QED) is 0.693. The van der Waals surface area contributed by atoms with Gasteiger partial charge in [0.2, 0.25) is 0 Å². The molecule has 0 amide bonds. The van der Waals surface area contributed by atoms with Crippen LogP contribution in [0, 0.1) is 6.92 Å². The molecule has 2 aromatic rings. The van der Waals surface area contributed by atoms with Crippen LogP contribution in [0.5, 0.6) is 0 Å². The smallest absolute Gasteiger partial charge is 0.0455 e. The highest BCUT2D eigenvalue weighted by Crippen LogP contribution is 2.26. The number of para-hydroxylation sites is 1. The van der Waals surface area contributed by atoms with E-state index in [1.54, 1.807) is 5.56 Å². The van der Waals surface area contributed by atoms with Gasteiger partial charge in [-0.2, -0.15) is 0 Å². The lowest BCUT2D eigenvalue weighted by Gasteiger charge is -2.13. The third-order valence-corrected chi connectivity index (χ3v) is 4.07. The van der Waals surface area contributed by atoms with Crippen LogP contribution in [0.3, 0.4) is 0 Å². The molecule has 1 aliphatic rings. The van der Waals surface area contributed by atoms with Gasteiger partial charge < -0.3 is 4.57 Å². The van der Waals surface area contributed by atoms with Gasteiger partial charge in [0.05, 0.1) is 0 Å². The van der Waals surface area contributed by atoms with Crippen molar-refractivity contribution in [1.29, 1.82) is 0 Å². The second-order valence-corrected chi connectivity index (χ2v) is 5.33. The van der Waals surface area contributed by atoms with E-state index >= 15 is 0 Å². The first kappa shape index (κ1) is 11.6. The highest BCUT2D eigenvalue weighted by Gasteiger charge is 2.14. The summed E-state index contributed by atoms with van der Waals surface area (Å²) in [7, 11) is 0. The highest BCUT2D eigenvalue weighted by molar-refractivity contribution is 5.41. The van der Waals surface area contributed by atoms with Crippen LogP contribution in [-0.4, -0.2) is 4.57 Å². The number of hydrogen-bond donors (Lipinski definition) is 0. The molecule has 0 N–H and O–H groups in total. The molecular formula is C17H21N. The van der Waals surface area contributed by atoms with Crippen molar-refractivity contribution in [3.05, 3.63) is 53.3 Å². The van der Waals surface area contributed by atoms with Crippen molar-refractivity contribution in [2.24, 2.45) is 0 Å². The monoisotopic (exact) mass is 239 g/mol. The van der Waals surface area contributed by atoms with E-state index in [2.05, 4.69) is 47.9 Å². The van der Waals surface area contributed by atoms with Crippen molar-refractivity contribution in [3.63, 3.8) is 0 Å². The van der Waals surface area contributed by atoms with Crippen LogP contribution in [0.2, 0.25) is 0 Å². The molecule has 0 saturated carbocycles. The van der Waals surface area contributed by atoms with E-state index < -0.39 is 0 Å². The first-order valence-electron chi connectivity index (χ1n) is 7.12. The predicted octanol–water partition coefficient (Wildman–Crippen LogP) is 4.44. The molecule has 1 heterocycles. The summed E-state index contributed by atoms with van der Waals surface area (Å²) < 4.78 is 2.46. The third kappa shape index (κ3) is 2.10. The standard InChI is InChI=1S/C17H21N/c1-14-15-9-5-2-3-6-12-17(13-15)18(14)16-10-7-4-8-11-16/h4,7-8,10-11,13H,2-3,5-6,9,12H2,1H3. The van der Waals surface area contributed by atoms with E-state index in [9.17, 15) is 0 Å². The van der Waals surface area contributed by atoms with E-state index in [4.69, 9.17) is 0 Å². The van der Waals surface area contributed by atoms with Gasteiger partial charge in [-0.1, -0.05) is 31.0 Å². The van der Waals surface area contributed by atoms with Gasteiger partial charge in [-0.25, -0.2) is 0 Å². The maximum Gasteiger partial charge on any atom is 0.0455 e. The Morgan fingerprint density at radius 3 is 2.39 bits per heavy atom. The van der Waals surface area contributed by atoms with Crippen molar-refractivity contribution in [2.75, 3.05) is 0 Å². The van der Waals surface area contributed by atoms with Gasteiger partial charge in [-0.15, -0.1) is 0 Å². The van der Waals surface area contributed by atoms with E-state index in [-0.39, 0.29) is 0 Å². The zero-order valence-electron chi connectivity index (χ0n) is 11.2. The van der Waals surface area contributed by atoms with Gasteiger partial charge in [-0.3, -0.25) is 0 Å². The number of aryl methyl sites for hydroxylation is 2. The second-order valence-electron chi connectivity index (χ2n) is 5.33. The fourth-order valence-electron chi connectivity index (χ4n) is 3.08. The van der Waals surface area contributed by atoms with Crippen LogP contribution in [0.4, 0.5) is 0 Å². The van der Waals surface area contributed by atoms with Crippen molar-refractivity contribution in [2.45, 2.75) is 45.4 Å². The van der Waals surface area contributed by atoms with Crippen LogP contribution in [-0.2, 0) is 12.8 Å². The molecule has 1 aliphatic carbocycles. The van der Waals surface area contributed by atoms with Crippen molar-refractivity contribution in [3.8, 4) is 5.69 Å². The summed E-state index contributed by atoms with van der Waals surface area (Å²) >= 11 is 0. The fraction of sp³-hybridized carbons (Fsp3) is 0.412. The first-order valence-corrected chi connectivity index (χ1v) is 7.12. The van der Waals surface area contributed by atoms with Gasteiger partial charge in [0.25, 0.3) is 0 Å². The molecule has 1 aromatic heterocycles. The van der Waals surface area contributed by atoms with Crippen LogP contribution >= 0.6 is 0 Å². The van der Waals surface area contributed by atoms with Crippen molar-refractivity contribution in [1.82, 2.24) is 4.57 Å². The number of rotatable bonds is 1. The zero-order valence-corrected chi connectivity index (χ0v) is 11.2. The number of fused-ring (bicyclic) bond motifs is 2. The van der Waals surface area contributed by atoms with Gasteiger partial charge in [-0.05, 0) is 56.4 Å². The molecule has 1 nitrogen and oxygen atoms in total. The van der Waals surface area contributed by atoms with Crippen LogP contribution in [0.25, 0.3) is 5.69 Å². The average molecular weight is 239 g/mol. The van der Waals surface area contributed by atoms with Crippen LogP contribution in [0.1, 0.15) is 42.6 Å². The summed E-state index contributed by atoms with van der Waals surface area (Å²) in [6.45, 7) is 2.27. The first-order chi connectivity index (χ1) is 8.86. The summed E-state index contributed by atoms with van der Waals surface area (Å²) in [4.78, 5) is 0. The summed E-state index contributed by atoms with van der Waals surface area (Å²) in [6.07, 6.45) is 7.92. The third-order valence-electron chi connectivity index (χ3n) is 4.07. The Labute approximate surface area is 109 Å². The maximum absolute atomic E-state index is 2.46. The van der Waals surface area contributed by atoms with Crippen molar-refractivity contribution >= 4 is 0 Å². The molecular weight excluding hydrogens is 218 g/mol. The van der Waals surface area contributed by atoms with Gasteiger partial charge in [0, 0.05) is 17.1 Å². The molecule has 1 aromatic carbocycles. The van der Waals surface area contributed by atoms with E-state index in [1.165, 1.54) is 55.6 Å². The highest BCUT2D eigenvalue weighted by atomic mass is 15.0. The molecule has 2 bridgehead atoms. The Balaban J connectivity index is 2.09. The zero-order chi connectivity index (χ0) is 12.4. The Bertz CT molecular complexity index is 522. The molecule has 0 fully saturated rings. The molecule has 0 radical (unpaired) electrons. The summed E-state index contributed by atoms with van der Waals surface area (Å²) in [5, 5.41) is 0. The van der Waals surface area contributed by atoms with E-state index in [1.807, 2.05) is 0 Å². The molecule has 0 saturated heterocycles. The number of hydrogen-bond acceptors (Lipinski definition) is 0. The Morgan fingerprint density at radius 2 is 1.61 bits per heavy atom. The van der Waals surface area contributed by atoms with Gasteiger partial charge >= 0.3 is 0 Å². The van der Waals surface area contributed by atoms with Crippen LogP contribution < -0.4 is 0 Å². The van der Waals surface area contributed by atoms with E-state index in [0.29, 0.717) is 0 Å². The minimum absolute atomic E-state index is 1.22. The lowest BCUT2D eigenvalue weighted by molar-refractivity contribution is 0.630. The molecule has 1 heteroatoms. The molecule has 0 atom stereocenters. The summed E-state index contributed by atoms with van der Waals surface area (Å²) in [6, 6.07) is 13.2. The minimum Gasteiger partial charge on any atom is -0.318 e. The number of benzene rings is 1. The summed E-state index contributed by atoms with van der Waals surface area (Å²) in [5.74, 6) is 0. The predicted molar refractivity (Wildman–Crippen MR) is 76.4 cm³/mol. The van der Waals surface area contributed by atoms with Crippen molar-refractivity contribution < 1.29 is 0 Å². The summed E-state index contributed by atoms with van der Waals surface area (Å²) in [5.41, 5.74) is 5.81. The fourth-order valence-corrected chi connectivity index (χ4v) is 3.08. The Kier molecular flexibility index (Phi) is 3.22. The molecule has 0 aliphatic heterocycles. The van der Waals surface area contributed by atoms with Gasteiger partial charge in [0.1, 0.15) is 0 Å². The maximum atomic E-state index is 2.46. The lowest BCUT2D eigenvalue weighted by atomic mass is 10.1. The largest absolute Gasteiger partial charge is 0.318 e. The molecule has 3 rings (SSSR count). The normalized spacial score (nSPS) is 15.8. The van der Waals surface area contributed by atoms with Gasteiger partial charge in [0.15, 0.2) is 0 Å². The Morgan fingerprint density at radius 1 is 0.889 bits per heavy atom. The average Bonchev–Trinajstić information content (AvgIpc) is 2.77. The molecule has 18 heavy (non-hydrogen) atoms. The SMILES string of the molecule is Cc1c2cc(n1-c1ccccc1)CCCCCC2. The lowest BCUT2D eigenvalue weighted by Crippen LogP contribution is -2.03. The molecule has 94 valence electrons. The topological polar surface area (TPSA) is 4.93 Å².